The van der Waals surface area contributed by atoms with Crippen LogP contribution in [0.3, 0.4) is 0 Å². The highest BCUT2D eigenvalue weighted by Crippen LogP contribution is 2.21. The molecule has 0 radical (unpaired) electrons. The van der Waals surface area contributed by atoms with Crippen molar-refractivity contribution >= 4 is 5.91 Å². The van der Waals surface area contributed by atoms with Gasteiger partial charge in [0, 0.05) is 19.0 Å². The number of hydrogen-bond donors (Lipinski definition) is 1. The first-order valence-corrected chi connectivity index (χ1v) is 6.87. The lowest BCUT2D eigenvalue weighted by molar-refractivity contribution is -0.132. The zero-order valence-electron chi connectivity index (χ0n) is 12.5. The summed E-state index contributed by atoms with van der Waals surface area (Å²) in [6, 6.07) is 3.63. The topological polar surface area (TPSA) is 59.5 Å². The van der Waals surface area contributed by atoms with Crippen molar-refractivity contribution in [2.75, 3.05) is 6.54 Å². The van der Waals surface area contributed by atoms with Gasteiger partial charge in [-0.3, -0.25) is 4.79 Å². The maximum atomic E-state index is 12.2. The molecule has 1 rings (SSSR count). The van der Waals surface area contributed by atoms with Gasteiger partial charge < -0.3 is 15.1 Å². The van der Waals surface area contributed by atoms with Gasteiger partial charge in [0.05, 0.1) is 12.8 Å². The Hall–Kier alpha value is -1.29. The Morgan fingerprint density at radius 2 is 2.16 bits per heavy atom. The Kier molecular flexibility index (Phi) is 5.60. The van der Waals surface area contributed by atoms with Crippen LogP contribution in [0, 0.1) is 5.41 Å². The molecule has 4 nitrogen and oxygen atoms in total. The average molecular weight is 266 g/mol. The zero-order chi connectivity index (χ0) is 14.5. The van der Waals surface area contributed by atoms with Crippen molar-refractivity contribution in [1.29, 1.82) is 0 Å². The Labute approximate surface area is 116 Å². The summed E-state index contributed by atoms with van der Waals surface area (Å²) < 4.78 is 5.28. The van der Waals surface area contributed by atoms with Gasteiger partial charge in [-0.2, -0.15) is 0 Å². The molecule has 19 heavy (non-hydrogen) atoms. The van der Waals surface area contributed by atoms with E-state index >= 15 is 0 Å². The SMILES string of the molecule is CCN(Cc1ccco1)C(=O)CC(N)CC(C)(C)C. The van der Waals surface area contributed by atoms with Crippen molar-refractivity contribution in [3.63, 3.8) is 0 Å². The Bertz CT molecular complexity index is 379. The van der Waals surface area contributed by atoms with Crippen molar-refractivity contribution in [2.24, 2.45) is 11.1 Å². The molecule has 0 bridgehead atoms. The first kappa shape index (κ1) is 15.8. The number of carbonyl (C=O) groups is 1. The molecule has 1 unspecified atom stereocenters. The third kappa shape index (κ3) is 5.92. The third-order valence-electron chi connectivity index (χ3n) is 2.97. The second-order valence-electron chi connectivity index (χ2n) is 6.22. The largest absolute Gasteiger partial charge is 0.467 e. The summed E-state index contributed by atoms with van der Waals surface area (Å²) in [6.07, 6.45) is 2.86. The molecule has 0 saturated carbocycles. The first-order valence-electron chi connectivity index (χ1n) is 6.87. The summed E-state index contributed by atoms with van der Waals surface area (Å²) in [6.45, 7) is 9.57. The summed E-state index contributed by atoms with van der Waals surface area (Å²) >= 11 is 0. The summed E-state index contributed by atoms with van der Waals surface area (Å²) in [5.41, 5.74) is 6.21. The predicted octanol–water partition coefficient (Wildman–Crippen LogP) is 2.78. The number of nitrogens with zero attached hydrogens (tertiary/aromatic N) is 1. The van der Waals surface area contributed by atoms with Crippen LogP contribution in [-0.4, -0.2) is 23.4 Å². The quantitative estimate of drug-likeness (QED) is 0.861. The Morgan fingerprint density at radius 3 is 2.63 bits per heavy atom. The molecule has 0 spiro atoms. The van der Waals surface area contributed by atoms with Gasteiger partial charge in [0.2, 0.25) is 5.91 Å². The lowest BCUT2D eigenvalue weighted by Crippen LogP contribution is -2.36. The van der Waals surface area contributed by atoms with Gasteiger partial charge >= 0.3 is 0 Å². The summed E-state index contributed by atoms with van der Waals surface area (Å²) in [5, 5.41) is 0. The van der Waals surface area contributed by atoms with Crippen LogP contribution < -0.4 is 5.73 Å². The molecule has 0 fully saturated rings. The van der Waals surface area contributed by atoms with E-state index in [2.05, 4.69) is 20.8 Å². The second-order valence-corrected chi connectivity index (χ2v) is 6.22. The number of rotatable bonds is 6. The molecular weight excluding hydrogens is 240 g/mol. The van der Waals surface area contributed by atoms with E-state index in [9.17, 15) is 4.79 Å². The van der Waals surface area contributed by atoms with Crippen LogP contribution in [0.4, 0.5) is 0 Å². The van der Waals surface area contributed by atoms with E-state index in [1.807, 2.05) is 19.1 Å². The van der Waals surface area contributed by atoms with Crippen LogP contribution in [0.15, 0.2) is 22.8 Å². The van der Waals surface area contributed by atoms with Gasteiger partial charge in [-0.05, 0) is 30.9 Å². The van der Waals surface area contributed by atoms with Gasteiger partial charge in [0.25, 0.3) is 0 Å². The van der Waals surface area contributed by atoms with Gasteiger partial charge in [-0.15, -0.1) is 0 Å². The summed E-state index contributed by atoms with van der Waals surface area (Å²) in [4.78, 5) is 14.0. The van der Waals surface area contributed by atoms with Gasteiger partial charge in [0.15, 0.2) is 0 Å². The Balaban J connectivity index is 2.50. The van der Waals surface area contributed by atoms with Crippen LogP contribution in [0.1, 0.15) is 46.3 Å². The number of nitrogens with two attached hydrogens (primary N) is 1. The van der Waals surface area contributed by atoms with Gasteiger partial charge in [0.1, 0.15) is 5.76 Å². The maximum absolute atomic E-state index is 12.2. The number of furan rings is 1. The molecular formula is C15H26N2O2. The van der Waals surface area contributed by atoms with E-state index in [4.69, 9.17) is 10.2 Å². The first-order chi connectivity index (χ1) is 8.81. The van der Waals surface area contributed by atoms with E-state index in [0.717, 1.165) is 12.2 Å². The molecule has 1 aromatic rings. The molecule has 2 N–H and O–H groups in total. The minimum Gasteiger partial charge on any atom is -0.467 e. The molecule has 1 aromatic heterocycles. The lowest BCUT2D eigenvalue weighted by Gasteiger charge is -2.25. The third-order valence-corrected chi connectivity index (χ3v) is 2.97. The molecule has 1 amide bonds. The minimum absolute atomic E-state index is 0.0850. The molecule has 0 aliphatic carbocycles. The van der Waals surface area contributed by atoms with Crippen LogP contribution in [0.2, 0.25) is 0 Å². The number of amides is 1. The van der Waals surface area contributed by atoms with Crippen LogP contribution in [0.25, 0.3) is 0 Å². The highest BCUT2D eigenvalue weighted by molar-refractivity contribution is 5.76. The molecule has 108 valence electrons. The lowest BCUT2D eigenvalue weighted by atomic mass is 9.87. The molecule has 4 heteroatoms. The van der Waals surface area contributed by atoms with E-state index < -0.39 is 0 Å². The standard InChI is InChI=1S/C15H26N2O2/c1-5-17(11-13-7-6-8-19-13)14(18)9-12(16)10-15(2,3)4/h6-8,12H,5,9-11,16H2,1-4H3. The van der Waals surface area contributed by atoms with Crippen LogP contribution >= 0.6 is 0 Å². The maximum Gasteiger partial charge on any atom is 0.224 e. The van der Waals surface area contributed by atoms with Crippen molar-refractivity contribution in [3.05, 3.63) is 24.2 Å². The smallest absolute Gasteiger partial charge is 0.224 e. The predicted molar refractivity (Wildman–Crippen MR) is 76.5 cm³/mol. The Morgan fingerprint density at radius 1 is 1.47 bits per heavy atom. The fourth-order valence-corrected chi connectivity index (χ4v) is 2.18. The summed E-state index contributed by atoms with van der Waals surface area (Å²) in [5.74, 6) is 0.898. The van der Waals surface area contributed by atoms with Crippen molar-refractivity contribution in [1.82, 2.24) is 4.90 Å². The zero-order valence-corrected chi connectivity index (χ0v) is 12.5. The fraction of sp³-hybridized carbons (Fsp3) is 0.667. The highest BCUT2D eigenvalue weighted by atomic mass is 16.3. The van der Waals surface area contributed by atoms with Crippen LogP contribution in [0.5, 0.6) is 0 Å². The van der Waals surface area contributed by atoms with E-state index in [0.29, 0.717) is 19.5 Å². The summed E-state index contributed by atoms with van der Waals surface area (Å²) in [7, 11) is 0. The van der Waals surface area contributed by atoms with Gasteiger partial charge in [-0.1, -0.05) is 20.8 Å². The average Bonchev–Trinajstić information content (AvgIpc) is 2.75. The second kappa shape index (κ2) is 6.75. The molecule has 0 aromatic carbocycles. The molecule has 0 aliphatic rings. The number of hydrogen-bond acceptors (Lipinski definition) is 3. The van der Waals surface area contributed by atoms with Crippen molar-refractivity contribution < 1.29 is 9.21 Å². The molecule has 1 atom stereocenters. The van der Waals surface area contributed by atoms with E-state index in [1.54, 1.807) is 11.2 Å². The highest BCUT2D eigenvalue weighted by Gasteiger charge is 2.21. The van der Waals surface area contributed by atoms with Gasteiger partial charge in [-0.25, -0.2) is 0 Å². The minimum atomic E-state index is -0.0850. The molecule has 1 heterocycles. The van der Waals surface area contributed by atoms with Crippen molar-refractivity contribution in [2.45, 2.75) is 53.1 Å². The van der Waals surface area contributed by atoms with Crippen LogP contribution in [-0.2, 0) is 11.3 Å². The van der Waals surface area contributed by atoms with E-state index in [1.165, 1.54) is 0 Å². The molecule has 0 aliphatic heterocycles. The van der Waals surface area contributed by atoms with Crippen molar-refractivity contribution in [3.8, 4) is 0 Å². The molecule has 0 saturated heterocycles. The normalized spacial score (nSPS) is 13.3. The fourth-order valence-electron chi connectivity index (χ4n) is 2.18. The van der Waals surface area contributed by atoms with E-state index in [-0.39, 0.29) is 17.4 Å². The monoisotopic (exact) mass is 266 g/mol. The number of carbonyl (C=O) groups excluding carboxylic acids is 1.